The molecule has 0 aliphatic carbocycles. The van der Waals surface area contributed by atoms with E-state index in [9.17, 15) is 4.79 Å². The Labute approximate surface area is 192 Å². The van der Waals surface area contributed by atoms with Crippen LogP contribution in [0.4, 0.5) is 5.69 Å². The SMILES string of the molecule is O=C(NC(=S)Nc1ccc2ccccc2c1)c1ccc(OCCOc2ccccc2)cc1. The summed E-state index contributed by atoms with van der Waals surface area (Å²) in [5.74, 6) is 1.17. The van der Waals surface area contributed by atoms with E-state index in [0.717, 1.165) is 22.2 Å². The van der Waals surface area contributed by atoms with E-state index in [-0.39, 0.29) is 11.0 Å². The molecular formula is C26H22N2O3S. The molecule has 5 nitrogen and oxygen atoms in total. The summed E-state index contributed by atoms with van der Waals surface area (Å²) >= 11 is 5.29. The Hall–Kier alpha value is -3.90. The largest absolute Gasteiger partial charge is 0.490 e. The summed E-state index contributed by atoms with van der Waals surface area (Å²) in [6.07, 6.45) is 0. The maximum absolute atomic E-state index is 12.5. The molecule has 2 N–H and O–H groups in total. The summed E-state index contributed by atoms with van der Waals surface area (Å²) in [6, 6.07) is 30.4. The number of carbonyl (C=O) groups is 1. The second-order valence-electron chi connectivity index (χ2n) is 7.00. The molecule has 0 radical (unpaired) electrons. The molecule has 0 atom stereocenters. The van der Waals surface area contributed by atoms with Gasteiger partial charge in [-0.3, -0.25) is 10.1 Å². The van der Waals surface area contributed by atoms with Crippen LogP contribution in [0.1, 0.15) is 10.4 Å². The number of nitrogens with one attached hydrogen (secondary N) is 2. The highest BCUT2D eigenvalue weighted by atomic mass is 32.1. The quantitative estimate of drug-likeness (QED) is 0.295. The van der Waals surface area contributed by atoms with E-state index in [2.05, 4.69) is 10.6 Å². The van der Waals surface area contributed by atoms with Crippen LogP contribution >= 0.6 is 12.2 Å². The van der Waals surface area contributed by atoms with Crippen molar-refractivity contribution in [1.29, 1.82) is 0 Å². The van der Waals surface area contributed by atoms with E-state index in [0.29, 0.717) is 24.5 Å². The summed E-state index contributed by atoms with van der Waals surface area (Å²) in [5.41, 5.74) is 1.30. The number of rotatable bonds is 7. The topological polar surface area (TPSA) is 59.6 Å². The molecule has 0 fully saturated rings. The number of carbonyl (C=O) groups excluding carboxylic acids is 1. The second-order valence-corrected chi connectivity index (χ2v) is 7.41. The molecule has 32 heavy (non-hydrogen) atoms. The van der Waals surface area contributed by atoms with Gasteiger partial charge in [0.1, 0.15) is 24.7 Å². The minimum absolute atomic E-state index is 0.240. The van der Waals surface area contributed by atoms with Gasteiger partial charge < -0.3 is 14.8 Å². The summed E-state index contributed by atoms with van der Waals surface area (Å²) < 4.78 is 11.3. The first kappa shape index (κ1) is 21.3. The Bertz CT molecular complexity index is 1210. The predicted molar refractivity (Wildman–Crippen MR) is 132 cm³/mol. The molecule has 0 unspecified atom stereocenters. The van der Waals surface area contributed by atoms with Crippen molar-refractivity contribution in [1.82, 2.24) is 5.32 Å². The lowest BCUT2D eigenvalue weighted by Crippen LogP contribution is -2.34. The predicted octanol–water partition coefficient (Wildman–Crippen LogP) is 5.42. The second kappa shape index (κ2) is 10.4. The summed E-state index contributed by atoms with van der Waals surface area (Å²) in [6.45, 7) is 0.834. The van der Waals surface area contributed by atoms with Crippen molar-refractivity contribution >= 4 is 39.7 Å². The number of hydrogen-bond donors (Lipinski definition) is 2. The van der Waals surface area contributed by atoms with Crippen molar-refractivity contribution in [2.75, 3.05) is 18.5 Å². The van der Waals surface area contributed by atoms with E-state index in [1.54, 1.807) is 24.3 Å². The third-order valence-electron chi connectivity index (χ3n) is 4.71. The van der Waals surface area contributed by atoms with Crippen LogP contribution in [0.2, 0.25) is 0 Å². The third-order valence-corrected chi connectivity index (χ3v) is 4.92. The van der Waals surface area contributed by atoms with E-state index < -0.39 is 0 Å². The smallest absolute Gasteiger partial charge is 0.257 e. The maximum atomic E-state index is 12.5. The molecule has 0 saturated carbocycles. The Morgan fingerprint density at radius 3 is 2.06 bits per heavy atom. The Kier molecular flexibility index (Phi) is 6.94. The molecule has 6 heteroatoms. The normalized spacial score (nSPS) is 10.4. The molecular weight excluding hydrogens is 420 g/mol. The van der Waals surface area contributed by atoms with Gasteiger partial charge in [-0.05, 0) is 71.5 Å². The highest BCUT2D eigenvalue weighted by molar-refractivity contribution is 7.80. The lowest BCUT2D eigenvalue weighted by Gasteiger charge is -2.11. The molecule has 0 bridgehead atoms. The highest BCUT2D eigenvalue weighted by Crippen LogP contribution is 2.19. The molecule has 0 saturated heterocycles. The van der Waals surface area contributed by atoms with Crippen molar-refractivity contribution in [2.45, 2.75) is 0 Å². The highest BCUT2D eigenvalue weighted by Gasteiger charge is 2.09. The standard InChI is InChI=1S/C26H22N2O3S/c29-25(28-26(32)27-22-13-10-19-6-4-5-7-21(19)18-22)20-11-14-24(15-12-20)31-17-16-30-23-8-2-1-3-9-23/h1-15,18H,16-17H2,(H2,27,28,29,32). The number of amides is 1. The Morgan fingerprint density at radius 1 is 0.719 bits per heavy atom. The van der Waals surface area contributed by atoms with Gasteiger partial charge in [0, 0.05) is 11.3 Å². The summed E-state index contributed by atoms with van der Waals surface area (Å²) in [5, 5.41) is 8.23. The number of para-hydroxylation sites is 1. The minimum atomic E-state index is -0.290. The lowest BCUT2D eigenvalue weighted by atomic mass is 10.1. The van der Waals surface area contributed by atoms with Gasteiger partial charge in [-0.25, -0.2) is 0 Å². The molecule has 0 aliphatic rings. The molecule has 0 heterocycles. The monoisotopic (exact) mass is 442 g/mol. The first-order valence-corrected chi connectivity index (χ1v) is 10.6. The van der Waals surface area contributed by atoms with Crippen molar-refractivity contribution in [2.24, 2.45) is 0 Å². The van der Waals surface area contributed by atoms with Crippen LogP contribution in [-0.4, -0.2) is 24.2 Å². The van der Waals surface area contributed by atoms with Crippen LogP contribution < -0.4 is 20.1 Å². The molecule has 160 valence electrons. The maximum Gasteiger partial charge on any atom is 0.257 e. The fraction of sp³-hybridized carbons (Fsp3) is 0.0769. The molecule has 4 aromatic carbocycles. The van der Waals surface area contributed by atoms with Gasteiger partial charge in [-0.2, -0.15) is 0 Å². The van der Waals surface area contributed by atoms with Crippen molar-refractivity contribution in [3.63, 3.8) is 0 Å². The van der Waals surface area contributed by atoms with E-state index >= 15 is 0 Å². The fourth-order valence-electron chi connectivity index (χ4n) is 3.14. The minimum Gasteiger partial charge on any atom is -0.490 e. The van der Waals surface area contributed by atoms with Gasteiger partial charge in [-0.1, -0.05) is 48.5 Å². The summed E-state index contributed by atoms with van der Waals surface area (Å²) in [4.78, 5) is 12.5. The van der Waals surface area contributed by atoms with Gasteiger partial charge in [0.2, 0.25) is 0 Å². The van der Waals surface area contributed by atoms with Crippen LogP contribution in [-0.2, 0) is 0 Å². The van der Waals surface area contributed by atoms with Crippen LogP contribution in [0.5, 0.6) is 11.5 Å². The van der Waals surface area contributed by atoms with E-state index in [1.807, 2.05) is 72.8 Å². The molecule has 0 aliphatic heterocycles. The summed E-state index contributed by atoms with van der Waals surface area (Å²) in [7, 11) is 0. The fourth-order valence-corrected chi connectivity index (χ4v) is 3.35. The van der Waals surface area contributed by atoms with Gasteiger partial charge in [0.25, 0.3) is 5.91 Å². The molecule has 1 amide bonds. The number of ether oxygens (including phenoxy) is 2. The Morgan fingerprint density at radius 2 is 1.34 bits per heavy atom. The van der Waals surface area contributed by atoms with Gasteiger partial charge in [0.05, 0.1) is 0 Å². The number of anilines is 1. The third kappa shape index (κ3) is 5.83. The molecule has 4 rings (SSSR count). The van der Waals surface area contributed by atoms with Crippen LogP contribution in [0.25, 0.3) is 10.8 Å². The van der Waals surface area contributed by atoms with Crippen LogP contribution in [0, 0.1) is 0 Å². The zero-order valence-corrected chi connectivity index (χ0v) is 18.1. The van der Waals surface area contributed by atoms with Crippen LogP contribution in [0.15, 0.2) is 97.1 Å². The van der Waals surface area contributed by atoms with E-state index in [4.69, 9.17) is 21.7 Å². The molecule has 4 aromatic rings. The number of benzene rings is 4. The number of hydrogen-bond acceptors (Lipinski definition) is 4. The zero-order valence-electron chi connectivity index (χ0n) is 17.3. The van der Waals surface area contributed by atoms with Gasteiger partial charge in [-0.15, -0.1) is 0 Å². The van der Waals surface area contributed by atoms with E-state index in [1.165, 1.54) is 0 Å². The van der Waals surface area contributed by atoms with Crippen molar-refractivity contribution in [3.8, 4) is 11.5 Å². The first-order chi connectivity index (χ1) is 15.7. The molecule has 0 spiro atoms. The van der Waals surface area contributed by atoms with Gasteiger partial charge in [0.15, 0.2) is 5.11 Å². The zero-order chi connectivity index (χ0) is 22.2. The van der Waals surface area contributed by atoms with Crippen LogP contribution in [0.3, 0.4) is 0 Å². The lowest BCUT2D eigenvalue weighted by molar-refractivity contribution is 0.0977. The number of fused-ring (bicyclic) bond motifs is 1. The number of thiocarbonyl (C=S) groups is 1. The van der Waals surface area contributed by atoms with Crippen molar-refractivity contribution in [3.05, 3.63) is 103 Å². The average Bonchev–Trinajstić information content (AvgIpc) is 2.83. The first-order valence-electron chi connectivity index (χ1n) is 10.2. The Balaban J connectivity index is 1.25. The van der Waals surface area contributed by atoms with Crippen molar-refractivity contribution < 1.29 is 14.3 Å². The van der Waals surface area contributed by atoms with Gasteiger partial charge >= 0.3 is 0 Å². The molecule has 0 aromatic heterocycles. The average molecular weight is 443 g/mol.